The van der Waals surface area contributed by atoms with Crippen molar-refractivity contribution in [2.75, 3.05) is 13.7 Å². The summed E-state index contributed by atoms with van der Waals surface area (Å²) in [6.45, 7) is -0.323. The summed E-state index contributed by atoms with van der Waals surface area (Å²) in [6, 6.07) is 11.8. The molecule has 0 amide bonds. The second kappa shape index (κ2) is 7.56. The molecular weight excluding hydrogens is 416 g/mol. The van der Waals surface area contributed by atoms with Gasteiger partial charge >= 0.3 is 5.97 Å². The molecule has 0 aliphatic carbocycles. The van der Waals surface area contributed by atoms with Crippen LogP contribution in [0.15, 0.2) is 51.4 Å². The van der Waals surface area contributed by atoms with E-state index >= 15 is 0 Å². The van der Waals surface area contributed by atoms with E-state index in [0.29, 0.717) is 11.3 Å². The summed E-state index contributed by atoms with van der Waals surface area (Å²) in [5.41, 5.74) is 0.748. The number of ether oxygens (including phenoxy) is 2. The lowest BCUT2D eigenvalue weighted by atomic mass is 10.1. The van der Waals surface area contributed by atoms with Crippen LogP contribution in [0.4, 0.5) is 0 Å². The minimum Gasteiger partial charge on any atom is -0.496 e. The van der Waals surface area contributed by atoms with E-state index in [1.165, 1.54) is 7.11 Å². The number of hydrogen-bond donors (Lipinski definition) is 0. The van der Waals surface area contributed by atoms with E-state index in [1.807, 2.05) is 0 Å². The number of carbonyl (C=O) groups excluding carboxylic acids is 2. The Bertz CT molecular complexity index is 696. The van der Waals surface area contributed by atoms with Crippen LogP contribution in [0.5, 0.6) is 5.75 Å². The van der Waals surface area contributed by atoms with Crippen molar-refractivity contribution in [2.45, 2.75) is 0 Å². The van der Waals surface area contributed by atoms with Crippen molar-refractivity contribution in [1.82, 2.24) is 0 Å². The number of halogens is 2. The van der Waals surface area contributed by atoms with Gasteiger partial charge in [-0.1, -0.05) is 44.0 Å². The molecule has 0 saturated carbocycles. The van der Waals surface area contributed by atoms with Crippen LogP contribution >= 0.6 is 31.9 Å². The standard InChI is InChI=1S/C16H12Br2O4/c1-21-15-7-6-12(18)8-13(15)16(20)22-9-14(19)10-2-4-11(17)5-3-10/h2-8H,9H2,1H3. The first-order valence-corrected chi connectivity index (χ1v) is 7.89. The van der Waals surface area contributed by atoms with Gasteiger partial charge in [0.25, 0.3) is 0 Å². The summed E-state index contributed by atoms with van der Waals surface area (Å²) in [7, 11) is 1.47. The molecule has 22 heavy (non-hydrogen) atoms. The van der Waals surface area contributed by atoms with Crippen molar-refractivity contribution < 1.29 is 19.1 Å². The number of ketones is 1. The molecule has 0 spiro atoms. The molecule has 114 valence electrons. The van der Waals surface area contributed by atoms with Crippen molar-refractivity contribution in [3.8, 4) is 5.75 Å². The third-order valence-electron chi connectivity index (χ3n) is 2.88. The molecule has 0 aromatic heterocycles. The Morgan fingerprint density at radius 2 is 1.64 bits per heavy atom. The maximum Gasteiger partial charge on any atom is 0.342 e. The number of methoxy groups -OCH3 is 1. The molecule has 0 unspecified atom stereocenters. The smallest absolute Gasteiger partial charge is 0.342 e. The molecule has 2 rings (SSSR count). The van der Waals surface area contributed by atoms with Gasteiger partial charge in [0.15, 0.2) is 12.4 Å². The van der Waals surface area contributed by atoms with Crippen LogP contribution in [-0.2, 0) is 4.74 Å². The van der Waals surface area contributed by atoms with E-state index in [1.54, 1.807) is 42.5 Å². The first-order chi connectivity index (χ1) is 10.5. The molecule has 2 aromatic rings. The molecule has 2 aromatic carbocycles. The maximum absolute atomic E-state index is 12.1. The van der Waals surface area contributed by atoms with E-state index in [9.17, 15) is 9.59 Å². The third-order valence-corrected chi connectivity index (χ3v) is 3.90. The summed E-state index contributed by atoms with van der Waals surface area (Å²) in [4.78, 5) is 24.1. The highest BCUT2D eigenvalue weighted by atomic mass is 79.9. The zero-order chi connectivity index (χ0) is 16.1. The monoisotopic (exact) mass is 426 g/mol. The van der Waals surface area contributed by atoms with Crippen LogP contribution < -0.4 is 4.74 Å². The lowest BCUT2D eigenvalue weighted by Crippen LogP contribution is -2.15. The summed E-state index contributed by atoms with van der Waals surface area (Å²) in [6.07, 6.45) is 0. The minimum absolute atomic E-state index is 0.264. The van der Waals surface area contributed by atoms with E-state index in [2.05, 4.69) is 31.9 Å². The highest BCUT2D eigenvalue weighted by Crippen LogP contribution is 2.23. The summed E-state index contributed by atoms with van der Waals surface area (Å²) in [5.74, 6) is -0.484. The first-order valence-electron chi connectivity index (χ1n) is 6.30. The van der Waals surface area contributed by atoms with Gasteiger partial charge in [-0.25, -0.2) is 4.79 Å². The van der Waals surface area contributed by atoms with Gasteiger partial charge in [0.2, 0.25) is 0 Å². The average Bonchev–Trinajstić information content (AvgIpc) is 2.53. The van der Waals surface area contributed by atoms with E-state index in [4.69, 9.17) is 9.47 Å². The fraction of sp³-hybridized carbons (Fsp3) is 0.125. The third kappa shape index (κ3) is 4.18. The number of benzene rings is 2. The number of esters is 1. The maximum atomic E-state index is 12.1. The van der Waals surface area contributed by atoms with Crippen LogP contribution in [0.3, 0.4) is 0 Å². The number of Topliss-reactive ketones (excluding diaryl/α,β-unsaturated/α-hetero) is 1. The quantitative estimate of drug-likeness (QED) is 0.528. The van der Waals surface area contributed by atoms with Crippen LogP contribution in [-0.4, -0.2) is 25.5 Å². The molecule has 0 heterocycles. The Balaban J connectivity index is 2.05. The molecule has 0 radical (unpaired) electrons. The highest BCUT2D eigenvalue weighted by Gasteiger charge is 2.16. The number of rotatable bonds is 5. The molecule has 0 aliphatic rings. The second-order valence-corrected chi connectivity index (χ2v) is 6.18. The number of carbonyl (C=O) groups is 2. The molecule has 0 saturated heterocycles. The van der Waals surface area contributed by atoms with Crippen LogP contribution in [0.2, 0.25) is 0 Å². The van der Waals surface area contributed by atoms with Gasteiger partial charge in [-0.05, 0) is 30.3 Å². The van der Waals surface area contributed by atoms with Gasteiger partial charge in [-0.3, -0.25) is 4.79 Å². The van der Waals surface area contributed by atoms with Gasteiger partial charge in [-0.2, -0.15) is 0 Å². The normalized spacial score (nSPS) is 10.1. The Morgan fingerprint density at radius 1 is 1.00 bits per heavy atom. The Labute approximate surface area is 144 Å². The Morgan fingerprint density at radius 3 is 2.27 bits per heavy atom. The van der Waals surface area contributed by atoms with Crippen LogP contribution in [0.25, 0.3) is 0 Å². The van der Waals surface area contributed by atoms with Gasteiger partial charge < -0.3 is 9.47 Å². The average molecular weight is 428 g/mol. The fourth-order valence-corrected chi connectivity index (χ4v) is 2.39. The zero-order valence-electron chi connectivity index (χ0n) is 11.6. The van der Waals surface area contributed by atoms with Crippen molar-refractivity contribution in [3.63, 3.8) is 0 Å². The molecule has 6 heteroatoms. The second-order valence-electron chi connectivity index (χ2n) is 4.35. The van der Waals surface area contributed by atoms with E-state index < -0.39 is 5.97 Å². The SMILES string of the molecule is COc1ccc(Br)cc1C(=O)OCC(=O)c1ccc(Br)cc1. The van der Waals surface area contributed by atoms with Gasteiger partial charge in [0, 0.05) is 14.5 Å². The Hall–Kier alpha value is -1.66. The first kappa shape index (κ1) is 16.7. The molecule has 0 atom stereocenters. The van der Waals surface area contributed by atoms with Crippen LogP contribution in [0, 0.1) is 0 Å². The topological polar surface area (TPSA) is 52.6 Å². The lowest BCUT2D eigenvalue weighted by Gasteiger charge is -2.09. The van der Waals surface area contributed by atoms with E-state index in [-0.39, 0.29) is 18.0 Å². The predicted molar refractivity (Wildman–Crippen MR) is 89.4 cm³/mol. The minimum atomic E-state index is -0.608. The Kier molecular flexibility index (Phi) is 5.74. The molecule has 0 bridgehead atoms. The largest absolute Gasteiger partial charge is 0.496 e. The summed E-state index contributed by atoms with van der Waals surface area (Å²) < 4.78 is 11.8. The van der Waals surface area contributed by atoms with Crippen molar-refractivity contribution >= 4 is 43.6 Å². The molecule has 0 N–H and O–H groups in total. The fourth-order valence-electron chi connectivity index (χ4n) is 1.77. The molecule has 0 aliphatic heterocycles. The van der Waals surface area contributed by atoms with Crippen molar-refractivity contribution in [2.24, 2.45) is 0 Å². The summed E-state index contributed by atoms with van der Waals surface area (Å²) >= 11 is 6.58. The van der Waals surface area contributed by atoms with Gasteiger partial charge in [-0.15, -0.1) is 0 Å². The van der Waals surface area contributed by atoms with Crippen molar-refractivity contribution in [1.29, 1.82) is 0 Å². The van der Waals surface area contributed by atoms with E-state index in [0.717, 1.165) is 8.95 Å². The predicted octanol–water partition coefficient (Wildman–Crippen LogP) is 4.26. The lowest BCUT2D eigenvalue weighted by molar-refractivity contribution is 0.0471. The number of hydrogen-bond acceptors (Lipinski definition) is 4. The molecule has 0 fully saturated rings. The van der Waals surface area contributed by atoms with Crippen LogP contribution in [0.1, 0.15) is 20.7 Å². The molecule has 4 nitrogen and oxygen atoms in total. The van der Waals surface area contributed by atoms with Crippen molar-refractivity contribution in [3.05, 3.63) is 62.5 Å². The molecular formula is C16H12Br2O4. The highest BCUT2D eigenvalue weighted by molar-refractivity contribution is 9.10. The summed E-state index contributed by atoms with van der Waals surface area (Å²) in [5, 5.41) is 0. The van der Waals surface area contributed by atoms with Gasteiger partial charge in [0.05, 0.1) is 7.11 Å². The van der Waals surface area contributed by atoms with Gasteiger partial charge in [0.1, 0.15) is 11.3 Å². The zero-order valence-corrected chi connectivity index (χ0v) is 14.8.